The molecule has 1 fully saturated rings. The Hall–Kier alpha value is -1.45. The Labute approximate surface area is 85.5 Å². The predicted octanol–water partition coefficient (Wildman–Crippen LogP) is 2.54. The number of carbonyl (C=O) groups is 1. The Morgan fingerprint density at radius 2 is 1.87 bits per heavy atom. The molecule has 0 radical (unpaired) electrons. The molecule has 1 aromatic carbocycles. The van der Waals surface area contributed by atoms with Crippen LogP contribution in [0.15, 0.2) is 18.2 Å². The summed E-state index contributed by atoms with van der Waals surface area (Å²) in [7, 11) is 0. The van der Waals surface area contributed by atoms with Crippen LogP contribution in [0.3, 0.4) is 0 Å². The summed E-state index contributed by atoms with van der Waals surface area (Å²) in [6.45, 7) is 0. The van der Waals surface area contributed by atoms with Crippen molar-refractivity contribution >= 4 is 5.97 Å². The first-order valence-corrected chi connectivity index (χ1v) is 4.78. The van der Waals surface area contributed by atoms with E-state index in [0.29, 0.717) is 0 Å². The minimum absolute atomic E-state index is 0.117. The standard InChI is InChI=1S/C11H10F2O2/c12-7-2-1-3-8(13)10(7)9(11(14)15)6-4-5-6/h1-3,6,9H,4-5H2,(H,14,15). The van der Waals surface area contributed by atoms with Gasteiger partial charge >= 0.3 is 5.97 Å². The normalized spacial score (nSPS) is 17.5. The molecule has 0 aromatic heterocycles. The summed E-state index contributed by atoms with van der Waals surface area (Å²) in [5, 5.41) is 8.95. The third kappa shape index (κ3) is 1.84. The molecule has 0 bridgehead atoms. The van der Waals surface area contributed by atoms with Gasteiger partial charge in [-0.15, -0.1) is 0 Å². The second-order valence-electron chi connectivity index (χ2n) is 3.79. The van der Waals surface area contributed by atoms with E-state index in [1.54, 1.807) is 0 Å². The molecular formula is C11H10F2O2. The van der Waals surface area contributed by atoms with Gasteiger partial charge in [0.2, 0.25) is 0 Å². The molecule has 1 aliphatic rings. The lowest BCUT2D eigenvalue weighted by Crippen LogP contribution is -2.16. The van der Waals surface area contributed by atoms with Crippen LogP contribution < -0.4 is 0 Å². The van der Waals surface area contributed by atoms with E-state index < -0.39 is 23.5 Å². The zero-order valence-electron chi connectivity index (χ0n) is 7.91. The lowest BCUT2D eigenvalue weighted by Gasteiger charge is -2.13. The average Bonchev–Trinajstić information content (AvgIpc) is 2.94. The highest BCUT2D eigenvalue weighted by Gasteiger charge is 2.40. The number of hydrogen-bond acceptors (Lipinski definition) is 1. The Bertz CT molecular complexity index is 379. The van der Waals surface area contributed by atoms with E-state index in [4.69, 9.17) is 5.11 Å². The van der Waals surface area contributed by atoms with Gasteiger partial charge < -0.3 is 5.11 Å². The van der Waals surface area contributed by atoms with Crippen LogP contribution in [0.1, 0.15) is 24.3 Å². The van der Waals surface area contributed by atoms with Crippen molar-refractivity contribution in [1.82, 2.24) is 0 Å². The summed E-state index contributed by atoms with van der Waals surface area (Å²) >= 11 is 0. The van der Waals surface area contributed by atoms with E-state index >= 15 is 0 Å². The highest BCUT2D eigenvalue weighted by Crippen LogP contribution is 2.44. The second kappa shape index (κ2) is 3.61. The Morgan fingerprint density at radius 1 is 1.33 bits per heavy atom. The van der Waals surface area contributed by atoms with Gasteiger partial charge in [0, 0.05) is 5.56 Å². The highest BCUT2D eigenvalue weighted by molar-refractivity contribution is 5.77. The first kappa shape index (κ1) is 10.1. The van der Waals surface area contributed by atoms with E-state index in [1.165, 1.54) is 6.07 Å². The summed E-state index contributed by atoms with van der Waals surface area (Å²) < 4.78 is 26.7. The number of carboxylic acid groups (broad SMARTS) is 1. The van der Waals surface area contributed by atoms with Crippen LogP contribution in [-0.2, 0) is 4.79 Å². The second-order valence-corrected chi connectivity index (χ2v) is 3.79. The number of hydrogen-bond donors (Lipinski definition) is 1. The molecule has 1 saturated carbocycles. The lowest BCUT2D eigenvalue weighted by atomic mass is 9.93. The van der Waals surface area contributed by atoms with Crippen molar-refractivity contribution in [3.63, 3.8) is 0 Å². The van der Waals surface area contributed by atoms with E-state index in [9.17, 15) is 13.6 Å². The quantitative estimate of drug-likeness (QED) is 0.835. The van der Waals surface area contributed by atoms with Gasteiger partial charge in [-0.25, -0.2) is 8.78 Å². The maximum absolute atomic E-state index is 13.3. The van der Waals surface area contributed by atoms with Gasteiger partial charge in [0.15, 0.2) is 0 Å². The summed E-state index contributed by atoms with van der Waals surface area (Å²) in [4.78, 5) is 11.0. The van der Waals surface area contributed by atoms with Crippen molar-refractivity contribution in [3.8, 4) is 0 Å². The fourth-order valence-electron chi connectivity index (χ4n) is 1.80. The maximum Gasteiger partial charge on any atom is 0.311 e. The van der Waals surface area contributed by atoms with Gasteiger partial charge in [-0.1, -0.05) is 6.07 Å². The highest BCUT2D eigenvalue weighted by atomic mass is 19.1. The smallest absolute Gasteiger partial charge is 0.311 e. The monoisotopic (exact) mass is 212 g/mol. The molecule has 2 nitrogen and oxygen atoms in total. The van der Waals surface area contributed by atoms with Crippen molar-refractivity contribution in [2.24, 2.45) is 5.92 Å². The van der Waals surface area contributed by atoms with Gasteiger partial charge in [-0.05, 0) is 30.9 Å². The number of rotatable bonds is 3. The van der Waals surface area contributed by atoms with Crippen molar-refractivity contribution in [3.05, 3.63) is 35.4 Å². The number of aliphatic carboxylic acids is 1. The van der Waals surface area contributed by atoms with Gasteiger partial charge in [0.1, 0.15) is 11.6 Å². The van der Waals surface area contributed by atoms with E-state index in [2.05, 4.69) is 0 Å². The third-order valence-corrected chi connectivity index (χ3v) is 2.67. The topological polar surface area (TPSA) is 37.3 Å². The molecule has 1 unspecified atom stereocenters. The van der Waals surface area contributed by atoms with E-state index in [0.717, 1.165) is 25.0 Å². The zero-order valence-corrected chi connectivity index (χ0v) is 7.91. The van der Waals surface area contributed by atoms with Crippen LogP contribution in [-0.4, -0.2) is 11.1 Å². The van der Waals surface area contributed by atoms with Crippen LogP contribution in [0, 0.1) is 17.6 Å². The van der Waals surface area contributed by atoms with Crippen LogP contribution in [0.2, 0.25) is 0 Å². The van der Waals surface area contributed by atoms with Gasteiger partial charge in [0.05, 0.1) is 5.92 Å². The molecule has 1 N–H and O–H groups in total. The van der Waals surface area contributed by atoms with E-state index in [-0.39, 0.29) is 11.5 Å². The molecule has 80 valence electrons. The summed E-state index contributed by atoms with van der Waals surface area (Å²) in [6, 6.07) is 3.42. The molecule has 1 aromatic rings. The third-order valence-electron chi connectivity index (χ3n) is 2.67. The maximum atomic E-state index is 13.3. The molecule has 0 heterocycles. The SMILES string of the molecule is O=C(O)C(c1c(F)cccc1F)C1CC1. The molecule has 15 heavy (non-hydrogen) atoms. The fourth-order valence-corrected chi connectivity index (χ4v) is 1.80. The summed E-state index contributed by atoms with van der Waals surface area (Å²) in [5.74, 6) is -3.84. The molecule has 1 atom stereocenters. The molecule has 0 aliphatic heterocycles. The van der Waals surface area contributed by atoms with Crippen molar-refractivity contribution < 1.29 is 18.7 Å². The van der Waals surface area contributed by atoms with Crippen molar-refractivity contribution in [2.45, 2.75) is 18.8 Å². The Morgan fingerprint density at radius 3 is 2.27 bits per heavy atom. The minimum Gasteiger partial charge on any atom is -0.481 e. The first-order chi connectivity index (χ1) is 7.11. The lowest BCUT2D eigenvalue weighted by molar-refractivity contribution is -0.139. The van der Waals surface area contributed by atoms with Crippen LogP contribution in [0.25, 0.3) is 0 Å². The molecule has 2 rings (SSSR count). The molecule has 0 spiro atoms. The molecule has 0 amide bonds. The number of benzene rings is 1. The number of carboxylic acids is 1. The van der Waals surface area contributed by atoms with Crippen LogP contribution in [0.4, 0.5) is 8.78 Å². The van der Waals surface area contributed by atoms with Crippen molar-refractivity contribution in [1.29, 1.82) is 0 Å². The molecule has 1 aliphatic carbocycles. The largest absolute Gasteiger partial charge is 0.481 e. The van der Waals surface area contributed by atoms with E-state index in [1.807, 2.05) is 0 Å². The molecule has 0 saturated heterocycles. The average molecular weight is 212 g/mol. The zero-order chi connectivity index (χ0) is 11.0. The first-order valence-electron chi connectivity index (χ1n) is 4.78. The summed E-state index contributed by atoms with van der Waals surface area (Å²) in [5.41, 5.74) is -0.299. The Kier molecular flexibility index (Phi) is 2.42. The van der Waals surface area contributed by atoms with Crippen molar-refractivity contribution in [2.75, 3.05) is 0 Å². The van der Waals surface area contributed by atoms with Crippen LogP contribution >= 0.6 is 0 Å². The molecule has 4 heteroatoms. The minimum atomic E-state index is -1.15. The predicted molar refractivity (Wildman–Crippen MR) is 49.5 cm³/mol. The van der Waals surface area contributed by atoms with Gasteiger partial charge in [-0.2, -0.15) is 0 Å². The van der Waals surface area contributed by atoms with Gasteiger partial charge in [-0.3, -0.25) is 4.79 Å². The van der Waals surface area contributed by atoms with Gasteiger partial charge in [0.25, 0.3) is 0 Å². The molecular weight excluding hydrogens is 202 g/mol. The Balaban J connectivity index is 2.45. The summed E-state index contributed by atoms with van der Waals surface area (Å²) in [6.07, 6.45) is 1.45. The number of halogens is 2. The van der Waals surface area contributed by atoms with Crippen LogP contribution in [0.5, 0.6) is 0 Å². The fraction of sp³-hybridized carbons (Fsp3) is 0.364.